The van der Waals surface area contributed by atoms with E-state index in [1.807, 2.05) is 52.0 Å². The molecule has 0 spiro atoms. The van der Waals surface area contributed by atoms with Crippen LogP contribution >= 0.6 is 0 Å². The maximum absolute atomic E-state index is 13.3. The molecule has 1 fully saturated rings. The van der Waals surface area contributed by atoms with Gasteiger partial charge in [-0.3, -0.25) is 9.00 Å². The minimum absolute atomic E-state index is 0.271. The standard InChI is InChI=1S/C21H32O4S/c1-6-25-19(22)18(20(3,4)5)21(23)14-8-7-9-17(21)26(24)16-12-10-15(2)11-13-16/h10-13,17-18,23H,6-9,14H2,1-5H3. The molecule has 0 aromatic heterocycles. The maximum atomic E-state index is 13.3. The summed E-state index contributed by atoms with van der Waals surface area (Å²) in [6, 6.07) is 7.58. The molecule has 26 heavy (non-hydrogen) atoms. The summed E-state index contributed by atoms with van der Waals surface area (Å²) in [5.41, 5.74) is -0.726. The van der Waals surface area contributed by atoms with Crippen LogP contribution in [0.5, 0.6) is 0 Å². The van der Waals surface area contributed by atoms with Gasteiger partial charge in [-0.15, -0.1) is 0 Å². The summed E-state index contributed by atoms with van der Waals surface area (Å²) in [6.07, 6.45) is 2.84. The van der Waals surface area contributed by atoms with E-state index in [9.17, 15) is 14.1 Å². The Morgan fingerprint density at radius 3 is 2.46 bits per heavy atom. The maximum Gasteiger partial charge on any atom is 0.312 e. The van der Waals surface area contributed by atoms with Crippen molar-refractivity contribution in [2.45, 2.75) is 76.0 Å². The van der Waals surface area contributed by atoms with Crippen LogP contribution in [0, 0.1) is 18.3 Å². The molecule has 4 nitrogen and oxygen atoms in total. The molecule has 1 aliphatic carbocycles. The lowest BCUT2D eigenvalue weighted by Crippen LogP contribution is -2.59. The molecule has 1 saturated carbocycles. The zero-order valence-corrected chi connectivity index (χ0v) is 17.4. The molecular formula is C21H32O4S. The summed E-state index contributed by atoms with van der Waals surface area (Å²) in [6.45, 7) is 9.84. The van der Waals surface area contributed by atoms with Gasteiger partial charge in [0.25, 0.3) is 0 Å². The normalized spacial score (nSPS) is 26.2. The third kappa shape index (κ3) is 4.37. The van der Waals surface area contributed by atoms with E-state index in [1.165, 1.54) is 0 Å². The predicted octanol–water partition coefficient (Wildman–Crippen LogP) is 4.00. The monoisotopic (exact) mass is 380 g/mol. The smallest absolute Gasteiger partial charge is 0.312 e. The molecule has 2 rings (SSSR count). The van der Waals surface area contributed by atoms with Gasteiger partial charge in [-0.1, -0.05) is 51.3 Å². The highest BCUT2D eigenvalue weighted by Crippen LogP contribution is 2.46. The summed E-state index contributed by atoms with van der Waals surface area (Å²) in [7, 11) is -1.38. The van der Waals surface area contributed by atoms with Crippen LogP contribution < -0.4 is 0 Å². The van der Waals surface area contributed by atoms with E-state index in [2.05, 4.69) is 0 Å². The van der Waals surface area contributed by atoms with E-state index >= 15 is 0 Å². The molecule has 146 valence electrons. The van der Waals surface area contributed by atoms with Gasteiger partial charge < -0.3 is 9.84 Å². The van der Waals surface area contributed by atoms with Crippen LogP contribution in [0.4, 0.5) is 0 Å². The van der Waals surface area contributed by atoms with Crippen LogP contribution in [0.3, 0.4) is 0 Å². The predicted molar refractivity (Wildman–Crippen MR) is 104 cm³/mol. The Hall–Kier alpha value is -1.20. The van der Waals surface area contributed by atoms with Gasteiger partial charge in [-0.25, -0.2) is 0 Å². The fourth-order valence-electron chi connectivity index (χ4n) is 4.14. The zero-order valence-electron chi connectivity index (χ0n) is 16.6. The molecule has 1 aromatic carbocycles. The largest absolute Gasteiger partial charge is 0.466 e. The van der Waals surface area contributed by atoms with Crippen LogP contribution in [0.15, 0.2) is 29.2 Å². The van der Waals surface area contributed by atoms with E-state index < -0.39 is 39.0 Å². The summed E-state index contributed by atoms with van der Waals surface area (Å²) in [5.74, 6) is -1.11. The summed E-state index contributed by atoms with van der Waals surface area (Å²) in [5, 5.41) is 11.2. The van der Waals surface area contributed by atoms with Crippen LogP contribution in [0.25, 0.3) is 0 Å². The second-order valence-electron chi connectivity index (χ2n) is 8.39. The molecule has 5 heteroatoms. The third-order valence-electron chi connectivity index (χ3n) is 5.25. The second kappa shape index (κ2) is 8.22. The fourth-order valence-corrected chi connectivity index (χ4v) is 5.88. The molecule has 0 heterocycles. The summed E-state index contributed by atoms with van der Waals surface area (Å²) >= 11 is 0. The van der Waals surface area contributed by atoms with E-state index in [0.717, 1.165) is 18.4 Å². The van der Waals surface area contributed by atoms with Gasteiger partial charge in [0, 0.05) is 4.90 Å². The van der Waals surface area contributed by atoms with E-state index in [1.54, 1.807) is 6.92 Å². The lowest BCUT2D eigenvalue weighted by Gasteiger charge is -2.48. The van der Waals surface area contributed by atoms with Gasteiger partial charge in [0.15, 0.2) is 0 Å². The Balaban J connectivity index is 2.44. The number of carbonyl (C=O) groups excluding carboxylic acids is 1. The van der Waals surface area contributed by atoms with Gasteiger partial charge in [0.2, 0.25) is 0 Å². The number of aryl methyl sites for hydroxylation is 1. The van der Waals surface area contributed by atoms with Crippen molar-refractivity contribution in [2.24, 2.45) is 11.3 Å². The summed E-state index contributed by atoms with van der Waals surface area (Å²) in [4.78, 5) is 13.5. The van der Waals surface area contributed by atoms with Crippen molar-refractivity contribution < 1.29 is 18.8 Å². The Morgan fingerprint density at radius 1 is 1.31 bits per heavy atom. The molecule has 0 saturated heterocycles. The van der Waals surface area contributed by atoms with Gasteiger partial charge >= 0.3 is 5.97 Å². The van der Waals surface area contributed by atoms with Gasteiger partial charge in [-0.05, 0) is 44.2 Å². The van der Waals surface area contributed by atoms with Gasteiger partial charge in [0.05, 0.1) is 34.2 Å². The fraction of sp³-hybridized carbons (Fsp3) is 0.667. The SMILES string of the molecule is CCOC(=O)C(C(C)(C)C)C1(O)CCCCC1S(=O)c1ccc(C)cc1. The first-order valence-corrected chi connectivity index (χ1v) is 10.7. The highest BCUT2D eigenvalue weighted by Gasteiger charge is 2.55. The number of carbonyl (C=O) groups is 1. The molecule has 4 unspecified atom stereocenters. The first-order valence-electron chi connectivity index (χ1n) is 9.47. The molecule has 0 amide bonds. The number of aliphatic hydroxyl groups is 1. The van der Waals surface area contributed by atoms with Crippen molar-refractivity contribution in [3.63, 3.8) is 0 Å². The Bertz CT molecular complexity index is 647. The molecule has 1 N–H and O–H groups in total. The van der Waals surface area contributed by atoms with E-state index in [0.29, 0.717) is 17.7 Å². The second-order valence-corrected chi connectivity index (χ2v) is 10.0. The van der Waals surface area contributed by atoms with Gasteiger partial charge in [0.1, 0.15) is 0 Å². The van der Waals surface area contributed by atoms with Crippen molar-refractivity contribution in [3.05, 3.63) is 29.8 Å². The van der Waals surface area contributed by atoms with Crippen LogP contribution in [-0.4, -0.2) is 32.7 Å². The minimum atomic E-state index is -1.38. The average molecular weight is 381 g/mol. The Morgan fingerprint density at radius 2 is 1.92 bits per heavy atom. The lowest BCUT2D eigenvalue weighted by atomic mass is 9.65. The van der Waals surface area contributed by atoms with E-state index in [4.69, 9.17) is 4.74 Å². The number of ether oxygens (including phenoxy) is 1. The molecular weight excluding hydrogens is 348 g/mol. The zero-order chi connectivity index (χ0) is 19.5. The van der Waals surface area contributed by atoms with E-state index in [-0.39, 0.29) is 6.61 Å². The molecule has 0 bridgehead atoms. The quantitative estimate of drug-likeness (QED) is 0.784. The van der Waals surface area contributed by atoms with Crippen LogP contribution in [0.2, 0.25) is 0 Å². The van der Waals surface area contributed by atoms with Crippen molar-refractivity contribution >= 4 is 16.8 Å². The van der Waals surface area contributed by atoms with Crippen molar-refractivity contribution in [1.29, 1.82) is 0 Å². The van der Waals surface area contributed by atoms with Crippen LogP contribution in [-0.2, 0) is 20.3 Å². The van der Waals surface area contributed by atoms with Crippen LogP contribution in [0.1, 0.15) is 58.9 Å². The highest BCUT2D eigenvalue weighted by atomic mass is 32.2. The third-order valence-corrected chi connectivity index (χ3v) is 7.15. The Kier molecular flexibility index (Phi) is 6.67. The molecule has 4 atom stereocenters. The van der Waals surface area contributed by atoms with Crippen molar-refractivity contribution in [1.82, 2.24) is 0 Å². The average Bonchev–Trinajstić information content (AvgIpc) is 2.54. The number of hydrogen-bond acceptors (Lipinski definition) is 4. The lowest BCUT2D eigenvalue weighted by molar-refractivity contribution is -0.170. The molecule has 0 radical (unpaired) electrons. The Labute approximate surface area is 159 Å². The number of esters is 1. The highest BCUT2D eigenvalue weighted by molar-refractivity contribution is 7.85. The first kappa shape index (κ1) is 21.1. The first-order chi connectivity index (χ1) is 12.1. The van der Waals surface area contributed by atoms with Crippen molar-refractivity contribution in [2.75, 3.05) is 6.61 Å². The van der Waals surface area contributed by atoms with Crippen molar-refractivity contribution in [3.8, 4) is 0 Å². The number of benzene rings is 1. The minimum Gasteiger partial charge on any atom is -0.466 e. The number of rotatable bonds is 5. The molecule has 0 aliphatic heterocycles. The summed E-state index contributed by atoms with van der Waals surface area (Å²) < 4.78 is 18.6. The topological polar surface area (TPSA) is 63.6 Å². The molecule has 1 aromatic rings. The van der Waals surface area contributed by atoms with Gasteiger partial charge in [-0.2, -0.15) is 0 Å². The molecule has 1 aliphatic rings. The number of hydrogen-bond donors (Lipinski definition) is 1.